The lowest BCUT2D eigenvalue weighted by atomic mass is 10.2. The number of hydrogen-bond donors (Lipinski definition) is 2. The molecule has 6 heteroatoms. The molecule has 0 aliphatic carbocycles. The number of thioether (sulfide) groups is 1. The van der Waals surface area contributed by atoms with Gasteiger partial charge in [0.1, 0.15) is 10.0 Å². The summed E-state index contributed by atoms with van der Waals surface area (Å²) < 4.78 is 0. The number of hydrogen-bond acceptors (Lipinski definition) is 6. The largest absolute Gasteiger partial charge is 0.394 e. The minimum Gasteiger partial charge on any atom is -0.394 e. The molecule has 0 saturated carbocycles. The van der Waals surface area contributed by atoms with Gasteiger partial charge in [-0.3, -0.25) is 0 Å². The van der Waals surface area contributed by atoms with Crippen LogP contribution in [0.15, 0.2) is 30.3 Å². The highest BCUT2D eigenvalue weighted by Crippen LogP contribution is 2.25. The average Bonchev–Trinajstić information content (AvgIpc) is 2.88. The lowest BCUT2D eigenvalue weighted by molar-refractivity contribution is 0.113. The Balaban J connectivity index is 1.91. The Labute approximate surface area is 114 Å². The van der Waals surface area contributed by atoms with Gasteiger partial charge >= 0.3 is 0 Å². The third-order valence-electron chi connectivity index (χ3n) is 2.23. The fourth-order valence-corrected chi connectivity index (χ4v) is 3.20. The first-order valence-corrected chi connectivity index (χ1v) is 7.51. The molecule has 0 spiro atoms. The van der Waals surface area contributed by atoms with Gasteiger partial charge in [0, 0.05) is 17.1 Å². The smallest absolute Gasteiger partial charge is 0.147 e. The standard InChI is InChI=1S/C12H14N2O2S2/c15-6-10(16)7-17-8-11-13-14-12(18-11)9-4-2-1-3-5-9/h1-5,10,15-16H,6-8H2. The second-order valence-electron chi connectivity index (χ2n) is 3.72. The molecule has 0 saturated heterocycles. The van der Waals surface area contributed by atoms with Crippen molar-refractivity contribution in [2.75, 3.05) is 12.4 Å². The van der Waals surface area contributed by atoms with Crippen LogP contribution in [0.2, 0.25) is 0 Å². The summed E-state index contributed by atoms with van der Waals surface area (Å²) in [5.41, 5.74) is 1.07. The topological polar surface area (TPSA) is 66.2 Å². The molecule has 1 heterocycles. The summed E-state index contributed by atoms with van der Waals surface area (Å²) in [4.78, 5) is 0. The molecule has 1 aromatic carbocycles. The minimum absolute atomic E-state index is 0.196. The summed E-state index contributed by atoms with van der Waals surface area (Å²) in [6, 6.07) is 9.93. The first kappa shape index (κ1) is 13.5. The zero-order valence-electron chi connectivity index (χ0n) is 9.69. The van der Waals surface area contributed by atoms with Crippen molar-refractivity contribution in [3.63, 3.8) is 0 Å². The number of aromatic nitrogens is 2. The van der Waals surface area contributed by atoms with E-state index in [9.17, 15) is 5.11 Å². The maximum Gasteiger partial charge on any atom is 0.147 e. The van der Waals surface area contributed by atoms with E-state index < -0.39 is 6.10 Å². The van der Waals surface area contributed by atoms with Crippen molar-refractivity contribution >= 4 is 23.1 Å². The quantitative estimate of drug-likeness (QED) is 0.845. The van der Waals surface area contributed by atoms with Gasteiger partial charge in [0.15, 0.2) is 0 Å². The van der Waals surface area contributed by atoms with Gasteiger partial charge in [-0.1, -0.05) is 41.7 Å². The Kier molecular flexibility index (Phi) is 5.12. The minimum atomic E-state index is -0.656. The molecule has 0 aliphatic rings. The van der Waals surface area contributed by atoms with Crippen molar-refractivity contribution in [3.8, 4) is 10.6 Å². The summed E-state index contributed by atoms with van der Waals surface area (Å²) in [6.07, 6.45) is -0.656. The number of nitrogens with zero attached hydrogens (tertiary/aromatic N) is 2. The van der Waals surface area contributed by atoms with Crippen LogP contribution in [0.25, 0.3) is 10.6 Å². The molecule has 0 aliphatic heterocycles. The maximum absolute atomic E-state index is 9.22. The maximum atomic E-state index is 9.22. The molecule has 2 aromatic rings. The molecular formula is C12H14N2O2S2. The summed E-state index contributed by atoms with van der Waals surface area (Å²) in [5, 5.41) is 28.0. The third kappa shape index (κ3) is 3.78. The van der Waals surface area contributed by atoms with Gasteiger partial charge in [-0.15, -0.1) is 10.2 Å². The Morgan fingerprint density at radius 3 is 2.72 bits per heavy atom. The number of rotatable bonds is 6. The Bertz CT molecular complexity index is 476. The second kappa shape index (κ2) is 6.84. The zero-order valence-corrected chi connectivity index (χ0v) is 11.3. The molecule has 0 fully saturated rings. The molecule has 96 valence electrons. The highest BCUT2D eigenvalue weighted by Gasteiger charge is 2.07. The van der Waals surface area contributed by atoms with E-state index in [1.54, 1.807) is 23.1 Å². The molecule has 1 aromatic heterocycles. The van der Waals surface area contributed by atoms with Crippen molar-refractivity contribution in [2.45, 2.75) is 11.9 Å². The number of benzene rings is 1. The van der Waals surface area contributed by atoms with Gasteiger partial charge in [-0.05, 0) is 0 Å². The van der Waals surface area contributed by atoms with E-state index in [4.69, 9.17) is 5.11 Å². The van der Waals surface area contributed by atoms with Crippen LogP contribution in [-0.4, -0.2) is 38.9 Å². The van der Waals surface area contributed by atoms with Crippen molar-refractivity contribution < 1.29 is 10.2 Å². The number of aliphatic hydroxyl groups excluding tert-OH is 2. The molecule has 4 nitrogen and oxygen atoms in total. The normalized spacial score (nSPS) is 12.6. The van der Waals surface area contributed by atoms with Crippen molar-refractivity contribution in [3.05, 3.63) is 35.3 Å². The van der Waals surface area contributed by atoms with E-state index in [0.717, 1.165) is 15.6 Å². The highest BCUT2D eigenvalue weighted by molar-refractivity contribution is 7.98. The van der Waals surface area contributed by atoms with E-state index in [1.165, 1.54) is 0 Å². The van der Waals surface area contributed by atoms with E-state index in [0.29, 0.717) is 11.5 Å². The van der Waals surface area contributed by atoms with Crippen LogP contribution >= 0.6 is 23.1 Å². The molecule has 1 unspecified atom stereocenters. The summed E-state index contributed by atoms with van der Waals surface area (Å²) in [6.45, 7) is -0.196. The Hall–Kier alpha value is -0.950. The van der Waals surface area contributed by atoms with Gasteiger partial charge in [0.05, 0.1) is 12.7 Å². The van der Waals surface area contributed by atoms with E-state index in [-0.39, 0.29) is 6.61 Å². The van der Waals surface area contributed by atoms with E-state index in [1.807, 2.05) is 30.3 Å². The lowest BCUT2D eigenvalue weighted by Crippen LogP contribution is -2.14. The molecule has 2 N–H and O–H groups in total. The monoisotopic (exact) mass is 282 g/mol. The molecular weight excluding hydrogens is 268 g/mol. The summed E-state index contributed by atoms with van der Waals surface area (Å²) in [7, 11) is 0. The van der Waals surface area contributed by atoms with E-state index >= 15 is 0 Å². The molecule has 0 radical (unpaired) electrons. The molecule has 0 amide bonds. The summed E-state index contributed by atoms with van der Waals surface area (Å²) >= 11 is 3.10. The zero-order chi connectivity index (χ0) is 12.8. The number of aliphatic hydroxyl groups is 2. The van der Waals surface area contributed by atoms with Crippen LogP contribution in [0.1, 0.15) is 5.01 Å². The second-order valence-corrected chi connectivity index (χ2v) is 5.81. The van der Waals surface area contributed by atoms with Gasteiger partial charge in [-0.2, -0.15) is 11.8 Å². The fraction of sp³-hybridized carbons (Fsp3) is 0.333. The first-order valence-electron chi connectivity index (χ1n) is 5.54. The summed E-state index contributed by atoms with van der Waals surface area (Å²) in [5.74, 6) is 1.22. The van der Waals surface area contributed by atoms with E-state index in [2.05, 4.69) is 10.2 Å². The average molecular weight is 282 g/mol. The van der Waals surface area contributed by atoms with Crippen LogP contribution < -0.4 is 0 Å². The van der Waals surface area contributed by atoms with Gasteiger partial charge < -0.3 is 10.2 Å². The van der Waals surface area contributed by atoms with Crippen LogP contribution in [0.4, 0.5) is 0 Å². The van der Waals surface area contributed by atoms with Crippen molar-refractivity contribution in [2.24, 2.45) is 0 Å². The van der Waals surface area contributed by atoms with Crippen LogP contribution in [0.3, 0.4) is 0 Å². The molecule has 18 heavy (non-hydrogen) atoms. The first-order chi connectivity index (χ1) is 8.79. The predicted octanol–water partition coefficient (Wildman–Crippen LogP) is 1.79. The van der Waals surface area contributed by atoms with Crippen molar-refractivity contribution in [1.82, 2.24) is 10.2 Å². The Morgan fingerprint density at radius 1 is 1.22 bits per heavy atom. The molecule has 2 rings (SSSR count). The Morgan fingerprint density at radius 2 is 2.00 bits per heavy atom. The SMILES string of the molecule is OCC(O)CSCc1nnc(-c2ccccc2)s1. The molecule has 0 bridgehead atoms. The van der Waals surface area contributed by atoms with Crippen LogP contribution in [-0.2, 0) is 5.75 Å². The van der Waals surface area contributed by atoms with Crippen LogP contribution in [0, 0.1) is 0 Å². The van der Waals surface area contributed by atoms with Gasteiger partial charge in [-0.25, -0.2) is 0 Å². The van der Waals surface area contributed by atoms with Crippen LogP contribution in [0.5, 0.6) is 0 Å². The molecule has 1 atom stereocenters. The predicted molar refractivity (Wildman–Crippen MR) is 74.6 cm³/mol. The van der Waals surface area contributed by atoms with Gasteiger partial charge in [0.25, 0.3) is 0 Å². The highest BCUT2D eigenvalue weighted by atomic mass is 32.2. The third-order valence-corrected chi connectivity index (χ3v) is 4.49. The van der Waals surface area contributed by atoms with Crippen molar-refractivity contribution in [1.29, 1.82) is 0 Å². The lowest BCUT2D eigenvalue weighted by Gasteiger charge is -2.04. The fourth-order valence-electron chi connectivity index (χ4n) is 1.34. The van der Waals surface area contributed by atoms with Gasteiger partial charge in [0.2, 0.25) is 0 Å².